The maximum atomic E-state index is 13.4. The molecule has 0 fully saturated rings. The molecular weight excluding hydrogens is 690 g/mol. The zero-order chi connectivity index (χ0) is 34.5. The Morgan fingerprint density at radius 3 is 0.585 bits per heavy atom. The number of halogens is 28. The van der Waals surface area contributed by atoms with Gasteiger partial charge < -0.3 is 0 Å². The van der Waals surface area contributed by atoms with Gasteiger partial charge in [-0.1, -0.05) is 0 Å². The molecule has 41 heavy (non-hydrogen) atoms. The van der Waals surface area contributed by atoms with Crippen molar-refractivity contribution in [2.75, 3.05) is 0 Å². The molecule has 0 saturated heterocycles. The normalized spacial score (nSPS) is 17.3. The molecule has 248 valence electrons. The molecule has 0 N–H and O–H groups in total. The van der Waals surface area contributed by atoms with Crippen molar-refractivity contribution >= 4 is 0 Å². The molecule has 0 aliphatic heterocycles. The number of hydrogen-bond donors (Lipinski definition) is 0. The Bertz CT molecular complexity index is 884. The van der Waals surface area contributed by atoms with Gasteiger partial charge in [0.2, 0.25) is 0 Å². The third kappa shape index (κ3) is 4.38. The number of alkyl halides is 26. The molecule has 0 atom stereocenters. The maximum Gasteiger partial charge on any atom is 0.541 e. The van der Waals surface area contributed by atoms with Crippen molar-refractivity contribution < 1.29 is 128 Å². The molecule has 0 saturated carbocycles. The highest BCUT2D eigenvalue weighted by Crippen LogP contribution is 2.67. The Kier molecular flexibility index (Phi) is 8.57. The molecule has 0 aromatic heterocycles. The van der Waals surface area contributed by atoms with E-state index in [4.69, 9.17) is 0 Å². The van der Waals surface area contributed by atoms with E-state index in [-0.39, 0.29) is 0 Å². The monoisotopic (exact) mass is 690 g/mol. The highest BCUT2D eigenvalue weighted by molar-refractivity contribution is 5.14. The first kappa shape index (κ1) is 39.0. The molecular formula is C12F28N+. The lowest BCUT2D eigenvalue weighted by molar-refractivity contribution is -1.28. The summed E-state index contributed by atoms with van der Waals surface area (Å²) in [7, 11) is 0. The highest BCUT2D eigenvalue weighted by atomic mass is 19.5. The van der Waals surface area contributed by atoms with Gasteiger partial charge in [-0.3, -0.25) is 0 Å². The minimum Gasteiger partial charge on any atom is -0.192 e. The third-order valence-corrected chi connectivity index (χ3v) is 4.54. The lowest BCUT2D eigenvalue weighted by Gasteiger charge is -2.43. The van der Waals surface area contributed by atoms with Crippen LogP contribution in [-0.2, 0) is 0 Å². The van der Waals surface area contributed by atoms with Gasteiger partial charge in [-0.15, -0.1) is 17.6 Å². The van der Waals surface area contributed by atoms with Gasteiger partial charge in [0.15, 0.2) is 4.93 Å². The largest absolute Gasteiger partial charge is 0.541 e. The van der Waals surface area contributed by atoms with Crippen LogP contribution >= 0.6 is 0 Å². The molecule has 0 aliphatic carbocycles. The fourth-order valence-corrected chi connectivity index (χ4v) is 2.05. The molecule has 0 aromatic carbocycles. The van der Waals surface area contributed by atoms with E-state index in [9.17, 15) is 123 Å². The van der Waals surface area contributed by atoms with Crippen LogP contribution in [-0.4, -0.2) is 76.8 Å². The van der Waals surface area contributed by atoms with Crippen molar-refractivity contribution in [2.45, 2.75) is 71.8 Å². The first-order valence-electron chi connectivity index (χ1n) is 8.20. The van der Waals surface area contributed by atoms with Crippen LogP contribution in [0.3, 0.4) is 0 Å². The van der Waals surface area contributed by atoms with Crippen LogP contribution in [0.4, 0.5) is 123 Å². The number of nitrogens with zero attached hydrogens (tertiary/aromatic N) is 1. The van der Waals surface area contributed by atoms with E-state index < -0.39 is 76.8 Å². The first-order valence-corrected chi connectivity index (χ1v) is 8.20. The lowest BCUT2D eigenvalue weighted by Crippen LogP contribution is -2.80. The fraction of sp³-hybridized carbons (Fsp3) is 1.00. The van der Waals surface area contributed by atoms with Crippen LogP contribution in [0.5, 0.6) is 0 Å². The minimum absolute atomic E-state index is 8.25. The van der Waals surface area contributed by atoms with Gasteiger partial charge in [-0.25, -0.2) is 0 Å². The van der Waals surface area contributed by atoms with E-state index in [0.29, 0.717) is 0 Å². The predicted octanol–water partition coefficient (Wildman–Crippen LogP) is 8.96. The number of rotatable bonds is 10. The molecule has 0 aliphatic rings. The zero-order valence-corrected chi connectivity index (χ0v) is 17.0. The van der Waals surface area contributed by atoms with Crippen LogP contribution in [0.2, 0.25) is 0 Å². The molecule has 0 amide bonds. The standard InChI is InChI=1S/C12F28N/c13-1(14,3(17,18)5(21,22)9(29,30)31)2(15,16)4(19,20)7(25,26)11(35,36)41(39,40)12(37,38)8(27,28)6(23,24)10(32,33)34/q+1. The van der Waals surface area contributed by atoms with Crippen molar-refractivity contribution in [1.29, 1.82) is 0 Å². The van der Waals surface area contributed by atoms with Crippen LogP contribution in [0.25, 0.3) is 0 Å². The van der Waals surface area contributed by atoms with Crippen molar-refractivity contribution in [3.63, 3.8) is 0 Å². The van der Waals surface area contributed by atoms with Gasteiger partial charge in [0.25, 0.3) is 0 Å². The smallest absolute Gasteiger partial charge is 0.192 e. The molecule has 1 nitrogen and oxygen atoms in total. The van der Waals surface area contributed by atoms with Crippen LogP contribution in [0.1, 0.15) is 0 Å². The molecule has 0 aromatic rings. The molecule has 0 heterocycles. The van der Waals surface area contributed by atoms with Crippen molar-refractivity contribution in [3.8, 4) is 0 Å². The highest BCUT2D eigenvalue weighted by Gasteiger charge is 3.03. The predicted molar refractivity (Wildman–Crippen MR) is 64.1 cm³/mol. The van der Waals surface area contributed by atoms with Gasteiger partial charge in [0, 0.05) is 0 Å². The summed E-state index contributed by atoms with van der Waals surface area (Å²) in [4.78, 5) is -8.78. The van der Waals surface area contributed by atoms with E-state index in [1.54, 1.807) is 0 Å². The van der Waals surface area contributed by atoms with E-state index >= 15 is 0 Å². The van der Waals surface area contributed by atoms with E-state index in [1.807, 2.05) is 0 Å². The topological polar surface area (TPSA) is 0 Å². The van der Waals surface area contributed by atoms with Crippen molar-refractivity contribution in [3.05, 3.63) is 0 Å². The SMILES string of the molecule is FC(F)(F)C(F)(F)C(F)(F)C(F)(F)C(F)(F)C(F)(F)C(F)(F)C(F)(F)[N+](F)(F)C(F)(F)C(F)(F)C(F)(F)C(F)(F)F. The Morgan fingerprint density at radius 1 is 0.220 bits per heavy atom. The summed E-state index contributed by atoms with van der Waals surface area (Å²) >= 11 is 0. The minimum atomic E-state index is -9.85. The molecule has 0 unspecified atom stereocenters. The Labute approximate surface area is 201 Å². The second-order valence-electron chi connectivity index (χ2n) is 7.19. The van der Waals surface area contributed by atoms with Gasteiger partial charge in [0.1, 0.15) is 0 Å². The van der Waals surface area contributed by atoms with E-state index in [1.165, 1.54) is 0 Å². The van der Waals surface area contributed by atoms with E-state index in [2.05, 4.69) is 0 Å². The van der Waals surface area contributed by atoms with Gasteiger partial charge >= 0.3 is 71.8 Å². The van der Waals surface area contributed by atoms with Crippen molar-refractivity contribution in [1.82, 2.24) is 0 Å². The summed E-state index contributed by atoms with van der Waals surface area (Å²) in [5.41, 5.74) is 0. The summed E-state index contributed by atoms with van der Waals surface area (Å²) in [6.45, 7) is 0. The first-order chi connectivity index (χ1) is 17.0. The van der Waals surface area contributed by atoms with Crippen molar-refractivity contribution in [2.24, 2.45) is 0 Å². The second kappa shape index (κ2) is 9.01. The van der Waals surface area contributed by atoms with Gasteiger partial charge in [-0.05, 0) is 0 Å². The number of hydrogen-bond acceptors (Lipinski definition) is 0. The third-order valence-electron chi connectivity index (χ3n) is 4.54. The summed E-state index contributed by atoms with van der Waals surface area (Å²) in [6.07, 6.45) is -16.5. The molecule has 0 rings (SSSR count). The van der Waals surface area contributed by atoms with Crippen LogP contribution < -0.4 is 0 Å². The Morgan fingerprint density at radius 2 is 0.366 bits per heavy atom. The maximum absolute atomic E-state index is 13.4. The summed E-state index contributed by atoms with van der Waals surface area (Å²) in [6, 6.07) is -19.4. The fourth-order valence-electron chi connectivity index (χ4n) is 2.05. The lowest BCUT2D eigenvalue weighted by atomic mass is 9.90. The second-order valence-corrected chi connectivity index (χ2v) is 7.19. The molecule has 0 spiro atoms. The van der Waals surface area contributed by atoms with Crippen LogP contribution in [0, 0.1) is 0 Å². The number of quaternary nitrogens is 1. The quantitative estimate of drug-likeness (QED) is 0.122. The molecule has 29 heteroatoms. The van der Waals surface area contributed by atoms with Gasteiger partial charge in [-0.2, -0.15) is 96.6 Å². The average Bonchev–Trinajstić information content (AvgIpc) is 2.70. The summed E-state index contributed by atoms with van der Waals surface area (Å²) in [5, 5.41) is 0. The van der Waals surface area contributed by atoms with E-state index in [0.717, 1.165) is 0 Å². The van der Waals surface area contributed by atoms with Gasteiger partial charge in [0.05, 0.1) is 8.96 Å². The average molecular weight is 690 g/mol. The zero-order valence-electron chi connectivity index (χ0n) is 17.0. The molecule has 0 radical (unpaired) electrons. The Balaban J connectivity index is 7.41. The van der Waals surface area contributed by atoms with Crippen LogP contribution in [0.15, 0.2) is 0 Å². The summed E-state index contributed by atoms with van der Waals surface area (Å²) in [5.74, 6) is -74.8. The molecule has 0 bridgehead atoms. The summed E-state index contributed by atoms with van der Waals surface area (Å²) < 4.78 is 360. The Hall–Kier alpha value is -2.00.